The molecule has 1 aromatic heterocycles. The van der Waals surface area contributed by atoms with Crippen molar-refractivity contribution in [2.75, 3.05) is 7.11 Å². The van der Waals surface area contributed by atoms with Crippen molar-refractivity contribution < 1.29 is 9.53 Å². The molecular formula is C20H27Cl2N3O2S. The summed E-state index contributed by atoms with van der Waals surface area (Å²) < 4.78 is 5.19. The van der Waals surface area contributed by atoms with E-state index in [1.54, 1.807) is 7.11 Å². The van der Waals surface area contributed by atoms with Crippen LogP contribution < -0.4 is 15.8 Å². The summed E-state index contributed by atoms with van der Waals surface area (Å²) in [5.74, 6) is 1.78. The molecule has 28 heavy (non-hydrogen) atoms. The fraction of sp³-hybridized carbons (Fsp3) is 0.500. The molecule has 2 unspecified atom stereocenters. The van der Waals surface area contributed by atoms with Gasteiger partial charge >= 0.3 is 0 Å². The first-order chi connectivity index (χ1) is 12.6. The van der Waals surface area contributed by atoms with E-state index in [0.717, 1.165) is 29.2 Å². The van der Waals surface area contributed by atoms with Gasteiger partial charge in [-0.05, 0) is 61.8 Å². The quantitative estimate of drug-likeness (QED) is 0.737. The molecule has 1 heterocycles. The average molecular weight is 444 g/mol. The lowest BCUT2D eigenvalue weighted by Crippen LogP contribution is -2.53. The smallest absolute Gasteiger partial charge is 0.271 e. The van der Waals surface area contributed by atoms with E-state index in [2.05, 4.69) is 10.3 Å². The van der Waals surface area contributed by atoms with Crippen LogP contribution in [-0.2, 0) is 0 Å². The number of halogens is 2. The fourth-order valence-corrected chi connectivity index (χ4v) is 5.30. The van der Waals surface area contributed by atoms with Gasteiger partial charge in [0.1, 0.15) is 16.5 Å². The lowest BCUT2D eigenvalue weighted by atomic mass is 9.67. The van der Waals surface area contributed by atoms with E-state index in [-0.39, 0.29) is 36.8 Å². The van der Waals surface area contributed by atoms with Crippen LogP contribution in [0, 0.1) is 11.8 Å². The van der Waals surface area contributed by atoms with Crippen LogP contribution in [0.15, 0.2) is 29.6 Å². The minimum Gasteiger partial charge on any atom is -0.497 e. The van der Waals surface area contributed by atoms with E-state index in [1.165, 1.54) is 30.6 Å². The Labute approximate surface area is 182 Å². The van der Waals surface area contributed by atoms with Crippen LogP contribution in [-0.4, -0.2) is 30.1 Å². The molecule has 1 amide bonds. The minimum atomic E-state index is -0.0571. The molecule has 8 heteroatoms. The summed E-state index contributed by atoms with van der Waals surface area (Å²) in [6.07, 6.45) is 5.64. The second kappa shape index (κ2) is 9.92. The predicted molar refractivity (Wildman–Crippen MR) is 118 cm³/mol. The summed E-state index contributed by atoms with van der Waals surface area (Å²) >= 11 is 1.50. The lowest BCUT2D eigenvalue weighted by molar-refractivity contribution is 0.0752. The monoisotopic (exact) mass is 443 g/mol. The zero-order chi connectivity index (χ0) is 18.1. The minimum absolute atomic E-state index is 0. The van der Waals surface area contributed by atoms with Crippen LogP contribution in [0.5, 0.6) is 5.75 Å². The SMILES string of the molecule is COc1ccc(-c2nc(C(=O)NC3C4CCCC3CC(N)C4)cs2)cc1.Cl.Cl. The van der Waals surface area contributed by atoms with E-state index >= 15 is 0 Å². The van der Waals surface area contributed by atoms with Crippen LogP contribution >= 0.6 is 36.2 Å². The van der Waals surface area contributed by atoms with Crippen molar-refractivity contribution in [3.8, 4) is 16.3 Å². The second-order valence-corrected chi connectivity index (χ2v) is 8.31. The zero-order valence-corrected chi connectivity index (χ0v) is 18.2. The Morgan fingerprint density at radius 1 is 1.18 bits per heavy atom. The first-order valence-corrected chi connectivity index (χ1v) is 10.2. The standard InChI is InChI=1S/C20H25N3O2S.2ClH/c1-25-16-7-5-12(6-8-16)20-22-17(11-26-20)19(24)23-18-13-3-2-4-14(18)10-15(21)9-13;;/h5-8,11,13-15,18H,2-4,9-10,21H2,1H3,(H,23,24);2*1H. The van der Waals surface area contributed by atoms with Crippen molar-refractivity contribution >= 4 is 42.1 Å². The molecule has 4 rings (SSSR count). The third-order valence-corrected chi connectivity index (χ3v) is 6.64. The maximum absolute atomic E-state index is 12.8. The number of methoxy groups -OCH3 is 1. The summed E-state index contributed by atoms with van der Waals surface area (Å²) in [7, 11) is 1.65. The molecule has 2 saturated carbocycles. The van der Waals surface area contributed by atoms with E-state index < -0.39 is 0 Å². The number of rotatable bonds is 4. The van der Waals surface area contributed by atoms with Crippen molar-refractivity contribution in [2.24, 2.45) is 17.6 Å². The van der Waals surface area contributed by atoms with Crippen molar-refractivity contribution in [2.45, 2.75) is 44.2 Å². The van der Waals surface area contributed by atoms with Gasteiger partial charge in [-0.15, -0.1) is 36.2 Å². The van der Waals surface area contributed by atoms with Crippen molar-refractivity contribution in [3.05, 3.63) is 35.3 Å². The van der Waals surface area contributed by atoms with Gasteiger partial charge in [0.25, 0.3) is 5.91 Å². The lowest BCUT2D eigenvalue weighted by Gasteiger charge is -2.45. The summed E-state index contributed by atoms with van der Waals surface area (Å²) in [6.45, 7) is 0. The van der Waals surface area contributed by atoms with Gasteiger partial charge in [0.05, 0.1) is 7.11 Å². The van der Waals surface area contributed by atoms with E-state index in [9.17, 15) is 4.79 Å². The van der Waals surface area contributed by atoms with E-state index in [0.29, 0.717) is 23.6 Å². The Hall–Kier alpha value is -1.34. The number of nitrogens with zero attached hydrogens (tertiary/aromatic N) is 1. The Balaban J connectivity index is 0.00000140. The number of nitrogens with two attached hydrogens (primary N) is 1. The normalized spacial score (nSPS) is 25.8. The van der Waals surface area contributed by atoms with Crippen molar-refractivity contribution in [1.29, 1.82) is 0 Å². The van der Waals surface area contributed by atoms with Crippen LogP contribution in [0.25, 0.3) is 10.6 Å². The van der Waals surface area contributed by atoms with Gasteiger partial charge in [-0.3, -0.25) is 4.79 Å². The van der Waals surface area contributed by atoms with E-state index in [4.69, 9.17) is 10.5 Å². The molecule has 0 aliphatic heterocycles. The number of carbonyl (C=O) groups is 1. The summed E-state index contributed by atoms with van der Waals surface area (Å²) in [6, 6.07) is 8.28. The zero-order valence-electron chi connectivity index (χ0n) is 15.8. The number of aromatic nitrogens is 1. The number of hydrogen-bond acceptors (Lipinski definition) is 5. The largest absolute Gasteiger partial charge is 0.497 e. The first kappa shape index (κ1) is 22.9. The molecule has 2 aliphatic carbocycles. The molecule has 154 valence electrons. The first-order valence-electron chi connectivity index (χ1n) is 9.30. The van der Waals surface area contributed by atoms with E-state index in [1.807, 2.05) is 29.6 Å². The molecule has 3 N–H and O–H groups in total. The Bertz CT molecular complexity index is 770. The topological polar surface area (TPSA) is 77.2 Å². The third kappa shape index (κ3) is 4.79. The highest BCUT2D eigenvalue weighted by molar-refractivity contribution is 7.13. The maximum atomic E-state index is 12.8. The molecule has 1 aromatic carbocycles. The maximum Gasteiger partial charge on any atom is 0.271 e. The Morgan fingerprint density at radius 3 is 2.43 bits per heavy atom. The molecular weight excluding hydrogens is 417 g/mol. The molecule has 2 atom stereocenters. The molecule has 0 saturated heterocycles. The van der Waals surface area contributed by atoms with Crippen LogP contribution in [0.2, 0.25) is 0 Å². The highest BCUT2D eigenvalue weighted by Gasteiger charge is 2.40. The van der Waals surface area contributed by atoms with Crippen molar-refractivity contribution in [1.82, 2.24) is 10.3 Å². The fourth-order valence-electron chi connectivity index (χ4n) is 4.49. The number of thiazole rings is 1. The molecule has 0 spiro atoms. The van der Waals surface area contributed by atoms with Gasteiger partial charge in [-0.1, -0.05) is 6.42 Å². The van der Waals surface area contributed by atoms with Gasteiger partial charge in [-0.2, -0.15) is 0 Å². The molecule has 2 bridgehead atoms. The average Bonchev–Trinajstić information content (AvgIpc) is 3.13. The molecule has 2 fully saturated rings. The summed E-state index contributed by atoms with van der Waals surface area (Å²) in [4.78, 5) is 17.3. The van der Waals surface area contributed by atoms with Crippen LogP contribution in [0.1, 0.15) is 42.6 Å². The number of fused-ring (bicyclic) bond motifs is 2. The third-order valence-electron chi connectivity index (χ3n) is 5.75. The number of benzene rings is 1. The highest BCUT2D eigenvalue weighted by atomic mass is 35.5. The van der Waals surface area contributed by atoms with Crippen LogP contribution in [0.4, 0.5) is 0 Å². The van der Waals surface area contributed by atoms with Gasteiger partial charge in [0.2, 0.25) is 0 Å². The Morgan fingerprint density at radius 2 is 1.82 bits per heavy atom. The molecule has 2 aromatic rings. The summed E-state index contributed by atoms with van der Waals surface area (Å²) in [5.41, 5.74) is 7.69. The summed E-state index contributed by atoms with van der Waals surface area (Å²) in [5, 5.41) is 5.97. The molecule has 5 nitrogen and oxygen atoms in total. The van der Waals surface area contributed by atoms with Gasteiger partial charge < -0.3 is 15.8 Å². The highest BCUT2D eigenvalue weighted by Crippen LogP contribution is 2.39. The van der Waals surface area contributed by atoms with Crippen LogP contribution in [0.3, 0.4) is 0 Å². The number of ether oxygens (including phenoxy) is 1. The molecule has 0 radical (unpaired) electrons. The predicted octanol–water partition coefficient (Wildman–Crippen LogP) is 4.30. The number of carbonyl (C=O) groups excluding carboxylic acids is 1. The Kier molecular flexibility index (Phi) is 8.13. The number of hydrogen-bond donors (Lipinski definition) is 2. The molecule has 2 aliphatic rings. The van der Waals surface area contributed by atoms with Gasteiger partial charge in [-0.25, -0.2) is 4.98 Å². The van der Waals surface area contributed by atoms with Crippen molar-refractivity contribution in [3.63, 3.8) is 0 Å². The second-order valence-electron chi connectivity index (χ2n) is 7.45. The van der Waals surface area contributed by atoms with Gasteiger partial charge in [0, 0.05) is 23.0 Å². The number of nitrogens with one attached hydrogen (secondary N) is 1. The number of amides is 1. The van der Waals surface area contributed by atoms with Gasteiger partial charge in [0.15, 0.2) is 0 Å².